The predicted molar refractivity (Wildman–Crippen MR) is 71.9 cm³/mol. The fourth-order valence-electron chi connectivity index (χ4n) is 1.52. The van der Waals surface area contributed by atoms with E-state index in [9.17, 15) is 0 Å². The first-order valence-electron chi connectivity index (χ1n) is 6.04. The van der Waals surface area contributed by atoms with Crippen LogP contribution in [0.25, 0.3) is 0 Å². The van der Waals surface area contributed by atoms with Crippen molar-refractivity contribution < 1.29 is 0 Å². The summed E-state index contributed by atoms with van der Waals surface area (Å²) >= 11 is 1.89. The molecule has 3 nitrogen and oxygen atoms in total. The minimum Gasteiger partial charge on any atom is -0.327 e. The zero-order valence-corrected chi connectivity index (χ0v) is 11.3. The summed E-state index contributed by atoms with van der Waals surface area (Å²) in [4.78, 5) is 0. The smallest absolute Gasteiger partial charge is 0.0640 e. The second-order valence-corrected chi connectivity index (χ2v) is 5.49. The summed E-state index contributed by atoms with van der Waals surface area (Å²) in [5, 5.41) is 4.56. The second kappa shape index (κ2) is 6.97. The Bertz CT molecular complexity index is 298. The largest absolute Gasteiger partial charge is 0.327 e. The van der Waals surface area contributed by atoms with E-state index in [1.807, 2.05) is 16.4 Å². The molecule has 0 aliphatic heterocycles. The first kappa shape index (κ1) is 13.6. The van der Waals surface area contributed by atoms with Crippen LogP contribution in [0.3, 0.4) is 0 Å². The van der Waals surface area contributed by atoms with Crippen molar-refractivity contribution in [2.75, 3.05) is 11.5 Å². The van der Waals surface area contributed by atoms with E-state index in [1.165, 1.54) is 0 Å². The van der Waals surface area contributed by atoms with Crippen molar-refractivity contribution in [3.05, 3.63) is 18.0 Å². The third kappa shape index (κ3) is 4.18. The minimum atomic E-state index is 0.227. The molecule has 92 valence electrons. The first-order chi connectivity index (χ1) is 7.67. The third-order valence-electron chi connectivity index (χ3n) is 2.71. The lowest BCUT2D eigenvalue weighted by Gasteiger charge is -2.10. The monoisotopic (exact) mass is 241 g/mol. The average molecular weight is 241 g/mol. The van der Waals surface area contributed by atoms with Gasteiger partial charge in [0.2, 0.25) is 0 Å². The average Bonchev–Trinajstić information content (AvgIpc) is 2.73. The Hall–Kier alpha value is -0.480. The van der Waals surface area contributed by atoms with Crippen LogP contribution in [-0.2, 0) is 6.42 Å². The lowest BCUT2D eigenvalue weighted by molar-refractivity contribution is 0.472. The number of nitrogens with zero attached hydrogens (tertiary/aromatic N) is 2. The molecule has 0 amide bonds. The van der Waals surface area contributed by atoms with Crippen LogP contribution in [0.15, 0.2) is 12.3 Å². The van der Waals surface area contributed by atoms with Gasteiger partial charge in [-0.25, -0.2) is 0 Å². The van der Waals surface area contributed by atoms with Crippen molar-refractivity contribution >= 4 is 11.8 Å². The highest BCUT2D eigenvalue weighted by molar-refractivity contribution is 7.99. The molecule has 0 saturated heterocycles. The summed E-state index contributed by atoms with van der Waals surface area (Å²) in [5.41, 5.74) is 7.15. The van der Waals surface area contributed by atoms with Gasteiger partial charge in [-0.1, -0.05) is 13.8 Å². The SMILES string of the molecule is CCSCC(N)Cc1ccn(C(C)CC)n1. The fourth-order valence-corrected chi connectivity index (χ4v) is 2.17. The molecule has 0 aromatic carbocycles. The molecule has 0 bridgehead atoms. The molecule has 1 rings (SSSR count). The summed E-state index contributed by atoms with van der Waals surface area (Å²) < 4.78 is 2.04. The van der Waals surface area contributed by atoms with Crippen LogP contribution in [0.2, 0.25) is 0 Å². The van der Waals surface area contributed by atoms with Gasteiger partial charge < -0.3 is 5.73 Å². The summed E-state index contributed by atoms with van der Waals surface area (Å²) in [6, 6.07) is 2.79. The van der Waals surface area contributed by atoms with Crippen molar-refractivity contribution in [2.24, 2.45) is 5.73 Å². The second-order valence-electron chi connectivity index (χ2n) is 4.17. The van der Waals surface area contributed by atoms with E-state index in [1.54, 1.807) is 0 Å². The van der Waals surface area contributed by atoms with Gasteiger partial charge in [0.1, 0.15) is 0 Å². The van der Waals surface area contributed by atoms with E-state index in [-0.39, 0.29) is 6.04 Å². The van der Waals surface area contributed by atoms with Gasteiger partial charge in [0.05, 0.1) is 5.69 Å². The number of nitrogens with two attached hydrogens (primary N) is 1. The number of hydrogen-bond donors (Lipinski definition) is 1. The lowest BCUT2D eigenvalue weighted by atomic mass is 10.2. The highest BCUT2D eigenvalue weighted by atomic mass is 32.2. The summed E-state index contributed by atoms with van der Waals surface area (Å²) in [5.74, 6) is 2.15. The molecule has 1 heterocycles. The standard InChI is InChI=1S/C12H23N3S/c1-4-10(3)15-7-6-12(14-15)8-11(13)9-16-5-2/h6-7,10-11H,4-5,8-9,13H2,1-3H3. The molecule has 2 atom stereocenters. The Kier molecular flexibility index (Phi) is 5.91. The van der Waals surface area contributed by atoms with Crippen LogP contribution < -0.4 is 5.73 Å². The molecule has 0 radical (unpaired) electrons. The van der Waals surface area contributed by atoms with E-state index >= 15 is 0 Å². The van der Waals surface area contributed by atoms with Crippen LogP contribution in [0.5, 0.6) is 0 Å². The Labute approximate surface area is 103 Å². The van der Waals surface area contributed by atoms with Gasteiger partial charge in [-0.2, -0.15) is 16.9 Å². The maximum absolute atomic E-state index is 6.04. The van der Waals surface area contributed by atoms with Gasteiger partial charge in [0.25, 0.3) is 0 Å². The van der Waals surface area contributed by atoms with Gasteiger partial charge in [0.15, 0.2) is 0 Å². The Morgan fingerprint density at radius 3 is 2.88 bits per heavy atom. The Balaban J connectivity index is 2.45. The fraction of sp³-hybridized carbons (Fsp3) is 0.750. The van der Waals surface area contributed by atoms with Crippen molar-refractivity contribution in [3.8, 4) is 0 Å². The van der Waals surface area contributed by atoms with Gasteiger partial charge >= 0.3 is 0 Å². The van der Waals surface area contributed by atoms with Gasteiger partial charge in [-0.05, 0) is 25.2 Å². The normalized spacial score (nSPS) is 15.0. The summed E-state index contributed by atoms with van der Waals surface area (Å²) in [7, 11) is 0. The molecule has 16 heavy (non-hydrogen) atoms. The number of aromatic nitrogens is 2. The molecule has 0 aliphatic carbocycles. The molecule has 0 fully saturated rings. The highest BCUT2D eigenvalue weighted by Gasteiger charge is 2.08. The number of hydrogen-bond acceptors (Lipinski definition) is 3. The Morgan fingerprint density at radius 2 is 2.25 bits per heavy atom. The molecule has 1 aromatic heterocycles. The van der Waals surface area contributed by atoms with Crippen molar-refractivity contribution in [1.29, 1.82) is 0 Å². The molecular formula is C12H23N3S. The van der Waals surface area contributed by atoms with Gasteiger partial charge in [0, 0.05) is 30.5 Å². The lowest BCUT2D eigenvalue weighted by Crippen LogP contribution is -2.26. The summed E-state index contributed by atoms with van der Waals surface area (Å²) in [6.07, 6.45) is 4.05. The molecule has 0 spiro atoms. The van der Waals surface area contributed by atoms with Crippen LogP contribution in [-0.4, -0.2) is 27.3 Å². The van der Waals surface area contributed by atoms with E-state index in [2.05, 4.69) is 38.1 Å². The van der Waals surface area contributed by atoms with Crippen molar-refractivity contribution in [2.45, 2.75) is 45.7 Å². The number of thioether (sulfide) groups is 1. The molecule has 0 saturated carbocycles. The van der Waals surface area contributed by atoms with Crippen molar-refractivity contribution in [3.63, 3.8) is 0 Å². The molecule has 2 N–H and O–H groups in total. The zero-order chi connectivity index (χ0) is 12.0. The van der Waals surface area contributed by atoms with Gasteiger partial charge in [-0.15, -0.1) is 0 Å². The third-order valence-corrected chi connectivity index (χ3v) is 3.79. The summed E-state index contributed by atoms with van der Waals surface area (Å²) in [6.45, 7) is 6.52. The molecule has 0 aliphatic rings. The molecule has 4 heteroatoms. The molecule has 1 aromatic rings. The first-order valence-corrected chi connectivity index (χ1v) is 7.20. The van der Waals surface area contributed by atoms with Crippen molar-refractivity contribution in [1.82, 2.24) is 9.78 Å². The minimum absolute atomic E-state index is 0.227. The van der Waals surface area contributed by atoms with E-state index in [0.717, 1.165) is 30.0 Å². The van der Waals surface area contributed by atoms with E-state index in [0.29, 0.717) is 6.04 Å². The predicted octanol–water partition coefficient (Wildman–Crippen LogP) is 2.48. The highest BCUT2D eigenvalue weighted by Crippen LogP contribution is 2.11. The zero-order valence-electron chi connectivity index (χ0n) is 10.5. The van der Waals surface area contributed by atoms with Crippen LogP contribution in [0, 0.1) is 0 Å². The van der Waals surface area contributed by atoms with Crippen LogP contribution in [0.4, 0.5) is 0 Å². The van der Waals surface area contributed by atoms with E-state index < -0.39 is 0 Å². The maximum atomic E-state index is 6.04. The van der Waals surface area contributed by atoms with Gasteiger partial charge in [-0.3, -0.25) is 4.68 Å². The molecule has 2 unspecified atom stereocenters. The quantitative estimate of drug-likeness (QED) is 0.797. The Morgan fingerprint density at radius 1 is 1.50 bits per heavy atom. The topological polar surface area (TPSA) is 43.8 Å². The number of rotatable bonds is 7. The van der Waals surface area contributed by atoms with Crippen LogP contribution in [0.1, 0.15) is 38.9 Å². The molecular weight excluding hydrogens is 218 g/mol. The van der Waals surface area contributed by atoms with E-state index in [4.69, 9.17) is 5.73 Å². The van der Waals surface area contributed by atoms with Crippen LogP contribution >= 0.6 is 11.8 Å². The maximum Gasteiger partial charge on any atom is 0.0640 e.